The predicted octanol–water partition coefficient (Wildman–Crippen LogP) is 2.36. The van der Waals surface area contributed by atoms with Crippen molar-refractivity contribution in [1.29, 1.82) is 0 Å². The molecule has 1 aliphatic heterocycles. The molecule has 0 bridgehead atoms. The Kier molecular flexibility index (Phi) is 7.73. The molecule has 26 heavy (non-hydrogen) atoms. The molecule has 0 saturated carbocycles. The summed E-state index contributed by atoms with van der Waals surface area (Å²) in [7, 11) is 0.0711. The largest absolute Gasteiger partial charge is 0.347 e. The van der Waals surface area contributed by atoms with Gasteiger partial charge in [-0.1, -0.05) is 29.3 Å². The van der Waals surface area contributed by atoms with Crippen molar-refractivity contribution in [3.05, 3.63) is 33.8 Å². The van der Waals surface area contributed by atoms with Crippen molar-refractivity contribution in [1.82, 2.24) is 14.5 Å². The highest BCUT2D eigenvalue weighted by molar-refractivity contribution is 7.88. The number of hydrogen-bond acceptors (Lipinski definition) is 4. The number of hydrogen-bond donors (Lipinski definition) is 1. The van der Waals surface area contributed by atoms with Crippen molar-refractivity contribution in [3.8, 4) is 0 Å². The molecule has 1 unspecified atom stereocenters. The lowest BCUT2D eigenvalue weighted by Gasteiger charge is -2.26. The van der Waals surface area contributed by atoms with Gasteiger partial charge in [0.05, 0.1) is 21.8 Å². The summed E-state index contributed by atoms with van der Waals surface area (Å²) in [5.74, 6) is -0.0299. The van der Waals surface area contributed by atoms with E-state index in [2.05, 4.69) is 9.62 Å². The molecule has 9 heteroatoms. The minimum Gasteiger partial charge on any atom is -0.347 e. The van der Waals surface area contributed by atoms with Gasteiger partial charge >= 0.3 is 0 Å². The number of halogens is 2. The topological polar surface area (TPSA) is 69.7 Å². The molecule has 0 radical (unpaired) electrons. The summed E-state index contributed by atoms with van der Waals surface area (Å²) >= 11 is 11.8. The quantitative estimate of drug-likeness (QED) is 0.653. The van der Waals surface area contributed by atoms with Crippen LogP contribution in [0.4, 0.5) is 0 Å². The summed E-state index contributed by atoms with van der Waals surface area (Å²) in [5, 5.41) is 0.734. The van der Waals surface area contributed by atoms with Crippen molar-refractivity contribution in [3.63, 3.8) is 0 Å². The zero-order valence-corrected chi connectivity index (χ0v) is 17.4. The number of rotatable bonds is 8. The van der Waals surface area contributed by atoms with Crippen LogP contribution >= 0.6 is 23.2 Å². The Balaban J connectivity index is 1.79. The van der Waals surface area contributed by atoms with Gasteiger partial charge in [-0.2, -0.15) is 0 Å². The van der Waals surface area contributed by atoms with Gasteiger partial charge in [0.2, 0.25) is 15.9 Å². The second-order valence-corrected chi connectivity index (χ2v) is 9.30. The van der Waals surface area contributed by atoms with Crippen LogP contribution in [0.1, 0.15) is 24.8 Å². The fourth-order valence-electron chi connectivity index (χ4n) is 3.08. The maximum absolute atomic E-state index is 12.2. The standard InChI is InChI=1S/C17H25Cl2N3O3S/c1-21(2)17(23)16-5-3-9-22(16)10-4-8-20-26(24,25)12-13-6-7-14(18)15(19)11-13/h6-7,11,16,20H,3-5,8-10,12H2,1-2H3. The van der Waals surface area contributed by atoms with Gasteiger partial charge in [-0.05, 0) is 43.5 Å². The summed E-state index contributed by atoms with van der Waals surface area (Å²) in [6, 6.07) is 4.71. The van der Waals surface area contributed by atoms with Crippen LogP contribution < -0.4 is 4.72 Å². The van der Waals surface area contributed by atoms with Crippen LogP contribution in [0.25, 0.3) is 0 Å². The molecule has 1 aliphatic rings. The zero-order valence-electron chi connectivity index (χ0n) is 15.0. The van der Waals surface area contributed by atoms with E-state index in [1.165, 1.54) is 0 Å². The summed E-state index contributed by atoms with van der Waals surface area (Å²) in [6.07, 6.45) is 2.51. The van der Waals surface area contributed by atoms with Gasteiger partial charge < -0.3 is 4.90 Å². The minimum atomic E-state index is -3.45. The SMILES string of the molecule is CN(C)C(=O)C1CCCN1CCCNS(=O)(=O)Cc1ccc(Cl)c(Cl)c1. The third kappa shape index (κ3) is 6.09. The fourth-order valence-corrected chi connectivity index (χ4v) is 4.58. The molecular formula is C17H25Cl2N3O3S. The average molecular weight is 422 g/mol. The van der Waals surface area contributed by atoms with Gasteiger partial charge in [-0.25, -0.2) is 13.1 Å². The summed E-state index contributed by atoms with van der Waals surface area (Å²) in [4.78, 5) is 15.9. The van der Waals surface area contributed by atoms with E-state index in [0.29, 0.717) is 35.1 Å². The Morgan fingerprint density at radius 3 is 2.69 bits per heavy atom. The monoisotopic (exact) mass is 421 g/mol. The Labute approximate surface area is 165 Å². The van der Waals surface area contributed by atoms with Crippen LogP contribution in [0.2, 0.25) is 10.0 Å². The molecule has 1 amide bonds. The lowest BCUT2D eigenvalue weighted by Crippen LogP contribution is -2.43. The molecule has 1 N–H and O–H groups in total. The van der Waals surface area contributed by atoms with Crippen LogP contribution in [0, 0.1) is 0 Å². The average Bonchev–Trinajstić information content (AvgIpc) is 3.02. The van der Waals surface area contributed by atoms with Gasteiger partial charge in [0.1, 0.15) is 0 Å². The molecule has 1 atom stereocenters. The van der Waals surface area contributed by atoms with Gasteiger partial charge in [0.25, 0.3) is 0 Å². The fraction of sp³-hybridized carbons (Fsp3) is 0.588. The van der Waals surface area contributed by atoms with E-state index < -0.39 is 10.0 Å². The Morgan fingerprint density at radius 2 is 2.04 bits per heavy atom. The number of amides is 1. The van der Waals surface area contributed by atoms with Crippen LogP contribution in [-0.2, 0) is 20.6 Å². The Morgan fingerprint density at radius 1 is 1.31 bits per heavy atom. The lowest BCUT2D eigenvalue weighted by atomic mass is 10.2. The second-order valence-electron chi connectivity index (χ2n) is 6.68. The van der Waals surface area contributed by atoms with E-state index >= 15 is 0 Å². The van der Waals surface area contributed by atoms with E-state index in [0.717, 1.165) is 19.4 Å². The first-order chi connectivity index (χ1) is 12.2. The second kappa shape index (κ2) is 9.37. The van der Waals surface area contributed by atoms with Crippen LogP contribution in [0.15, 0.2) is 18.2 Å². The maximum atomic E-state index is 12.2. The molecular weight excluding hydrogens is 397 g/mol. The highest BCUT2D eigenvalue weighted by atomic mass is 35.5. The van der Waals surface area contributed by atoms with E-state index in [1.807, 2.05) is 0 Å². The molecule has 2 rings (SSSR count). The summed E-state index contributed by atoms with van der Waals surface area (Å²) in [5.41, 5.74) is 0.586. The molecule has 1 fully saturated rings. The zero-order chi connectivity index (χ0) is 19.3. The molecule has 1 aromatic carbocycles. The summed E-state index contributed by atoms with van der Waals surface area (Å²) in [6.45, 7) is 1.91. The van der Waals surface area contributed by atoms with Crippen molar-refractivity contribution >= 4 is 39.1 Å². The molecule has 1 aromatic rings. The number of likely N-dealkylation sites (N-methyl/N-ethyl adjacent to an activating group) is 1. The van der Waals surface area contributed by atoms with Gasteiger partial charge in [0.15, 0.2) is 0 Å². The first-order valence-corrected chi connectivity index (χ1v) is 11.0. The first kappa shape index (κ1) is 21.4. The van der Waals surface area contributed by atoms with Gasteiger partial charge in [0, 0.05) is 27.2 Å². The van der Waals surface area contributed by atoms with Crippen molar-refractivity contribution in [2.24, 2.45) is 0 Å². The van der Waals surface area contributed by atoms with Crippen LogP contribution in [0.5, 0.6) is 0 Å². The maximum Gasteiger partial charge on any atom is 0.239 e. The first-order valence-electron chi connectivity index (χ1n) is 8.56. The predicted molar refractivity (Wildman–Crippen MR) is 105 cm³/mol. The van der Waals surface area contributed by atoms with Crippen molar-refractivity contribution in [2.45, 2.75) is 31.1 Å². The third-order valence-electron chi connectivity index (χ3n) is 4.37. The van der Waals surface area contributed by atoms with Crippen LogP contribution in [-0.4, -0.2) is 63.9 Å². The number of sulfonamides is 1. The Hall–Kier alpha value is -0.860. The molecule has 0 spiro atoms. The number of carbonyl (C=O) groups is 1. The number of benzene rings is 1. The van der Waals surface area contributed by atoms with E-state index in [4.69, 9.17) is 23.2 Å². The molecule has 146 valence electrons. The normalized spacial score (nSPS) is 18.2. The number of likely N-dealkylation sites (tertiary alicyclic amines) is 1. The van der Waals surface area contributed by atoms with E-state index in [9.17, 15) is 13.2 Å². The number of nitrogens with one attached hydrogen (secondary N) is 1. The molecule has 0 aromatic heterocycles. The Bertz CT molecular complexity index is 741. The highest BCUT2D eigenvalue weighted by Crippen LogP contribution is 2.23. The molecule has 6 nitrogen and oxygen atoms in total. The summed E-state index contributed by atoms with van der Waals surface area (Å²) < 4.78 is 27.0. The lowest BCUT2D eigenvalue weighted by molar-refractivity contribution is -0.133. The molecule has 1 heterocycles. The molecule has 0 aliphatic carbocycles. The van der Waals surface area contributed by atoms with Gasteiger partial charge in [-0.15, -0.1) is 0 Å². The van der Waals surface area contributed by atoms with Gasteiger partial charge in [-0.3, -0.25) is 9.69 Å². The van der Waals surface area contributed by atoms with E-state index in [-0.39, 0.29) is 17.7 Å². The third-order valence-corrected chi connectivity index (χ3v) is 6.47. The highest BCUT2D eigenvalue weighted by Gasteiger charge is 2.31. The molecule has 1 saturated heterocycles. The van der Waals surface area contributed by atoms with Crippen LogP contribution in [0.3, 0.4) is 0 Å². The number of carbonyl (C=O) groups excluding carboxylic acids is 1. The smallest absolute Gasteiger partial charge is 0.239 e. The minimum absolute atomic E-state index is 0.0854. The van der Waals surface area contributed by atoms with E-state index in [1.54, 1.807) is 37.2 Å². The van der Waals surface area contributed by atoms with Crippen molar-refractivity contribution < 1.29 is 13.2 Å². The number of nitrogens with zero attached hydrogens (tertiary/aromatic N) is 2. The van der Waals surface area contributed by atoms with Crippen molar-refractivity contribution in [2.75, 3.05) is 33.7 Å².